The molecule has 0 atom stereocenters. The van der Waals surface area contributed by atoms with Crippen LogP contribution in [0.25, 0.3) is 10.4 Å². The molecule has 0 radical (unpaired) electrons. The summed E-state index contributed by atoms with van der Waals surface area (Å²) < 4.78 is 0. The van der Waals surface area contributed by atoms with E-state index in [0.717, 1.165) is 6.42 Å². The van der Waals surface area contributed by atoms with Gasteiger partial charge in [0.15, 0.2) is 0 Å². The van der Waals surface area contributed by atoms with Crippen LogP contribution in [0, 0.1) is 6.92 Å². The summed E-state index contributed by atoms with van der Waals surface area (Å²) in [6, 6.07) is 13.2. The fourth-order valence-electron chi connectivity index (χ4n) is 1.49. The Hall–Kier alpha value is -1.08. The van der Waals surface area contributed by atoms with Crippen LogP contribution in [0.15, 0.2) is 36.4 Å². The van der Waals surface area contributed by atoms with E-state index in [-0.39, 0.29) is 0 Å². The van der Waals surface area contributed by atoms with Crippen molar-refractivity contribution in [1.29, 1.82) is 0 Å². The molecule has 1 heterocycles. The van der Waals surface area contributed by atoms with E-state index in [2.05, 4.69) is 50.2 Å². The van der Waals surface area contributed by atoms with Crippen molar-refractivity contribution in [2.45, 2.75) is 20.3 Å². The molecule has 1 aromatic heterocycles. The van der Waals surface area contributed by atoms with Gasteiger partial charge in [-0.3, -0.25) is 0 Å². The molecular weight excluding hydrogens is 188 g/mol. The predicted molar refractivity (Wildman–Crippen MR) is 63.9 cm³/mol. The van der Waals surface area contributed by atoms with Crippen molar-refractivity contribution >= 4 is 11.3 Å². The van der Waals surface area contributed by atoms with Crippen LogP contribution in [-0.4, -0.2) is 0 Å². The smallest absolute Gasteiger partial charge is 0.0345 e. The Kier molecular flexibility index (Phi) is 2.69. The summed E-state index contributed by atoms with van der Waals surface area (Å²) in [6.07, 6.45) is 1.11. The molecule has 0 fully saturated rings. The first-order valence-corrected chi connectivity index (χ1v) is 5.77. The second-order valence-corrected chi connectivity index (χ2v) is 4.75. The fourth-order valence-corrected chi connectivity index (χ4v) is 2.37. The number of benzene rings is 1. The minimum atomic E-state index is 1.11. The van der Waals surface area contributed by atoms with Gasteiger partial charge in [-0.25, -0.2) is 0 Å². The maximum Gasteiger partial charge on any atom is 0.0345 e. The third-order valence-corrected chi connectivity index (χ3v) is 3.44. The van der Waals surface area contributed by atoms with Crippen LogP contribution in [0.1, 0.15) is 17.4 Å². The third-order valence-electron chi connectivity index (χ3n) is 2.39. The van der Waals surface area contributed by atoms with Crippen LogP contribution >= 0.6 is 11.3 Å². The second kappa shape index (κ2) is 3.97. The van der Waals surface area contributed by atoms with Crippen LogP contribution in [0.2, 0.25) is 0 Å². The van der Waals surface area contributed by atoms with E-state index < -0.39 is 0 Å². The second-order valence-electron chi connectivity index (χ2n) is 3.46. The number of hydrogen-bond donors (Lipinski definition) is 0. The maximum absolute atomic E-state index is 2.21. The van der Waals surface area contributed by atoms with Gasteiger partial charge >= 0.3 is 0 Å². The zero-order chi connectivity index (χ0) is 9.97. The van der Waals surface area contributed by atoms with E-state index in [4.69, 9.17) is 0 Å². The van der Waals surface area contributed by atoms with Crippen LogP contribution in [0.4, 0.5) is 0 Å². The molecule has 0 unspecified atom stereocenters. The zero-order valence-corrected chi connectivity index (χ0v) is 9.40. The van der Waals surface area contributed by atoms with Crippen LogP contribution in [0.3, 0.4) is 0 Å². The normalized spacial score (nSPS) is 10.4. The molecule has 0 amide bonds. The predicted octanol–water partition coefficient (Wildman–Crippen LogP) is 4.29. The summed E-state index contributed by atoms with van der Waals surface area (Å²) in [6.45, 7) is 4.33. The van der Waals surface area contributed by atoms with Crippen LogP contribution in [0.5, 0.6) is 0 Å². The fraction of sp³-hybridized carbons (Fsp3) is 0.231. The van der Waals surface area contributed by atoms with Crippen LogP contribution in [-0.2, 0) is 6.42 Å². The quantitative estimate of drug-likeness (QED) is 0.681. The molecule has 72 valence electrons. The van der Waals surface area contributed by atoms with Crippen molar-refractivity contribution in [3.63, 3.8) is 0 Å². The zero-order valence-electron chi connectivity index (χ0n) is 8.58. The van der Waals surface area contributed by atoms with Gasteiger partial charge in [0.2, 0.25) is 0 Å². The molecule has 1 aromatic carbocycles. The van der Waals surface area contributed by atoms with Gasteiger partial charge in [-0.2, -0.15) is 0 Å². The van der Waals surface area contributed by atoms with Gasteiger partial charge < -0.3 is 0 Å². The Morgan fingerprint density at radius 2 is 1.71 bits per heavy atom. The maximum atomic E-state index is 2.21. The lowest BCUT2D eigenvalue weighted by molar-refractivity contribution is 1.14. The van der Waals surface area contributed by atoms with Gasteiger partial charge in [0.05, 0.1) is 0 Å². The Balaban J connectivity index is 2.33. The SMILES string of the molecule is CCc1ccc(-c2ccc(C)s2)cc1. The van der Waals surface area contributed by atoms with E-state index in [0.29, 0.717) is 0 Å². The Morgan fingerprint density at radius 1 is 1.00 bits per heavy atom. The summed E-state index contributed by atoms with van der Waals surface area (Å²) in [5, 5.41) is 0. The van der Waals surface area contributed by atoms with Crippen molar-refractivity contribution in [3.8, 4) is 10.4 Å². The lowest BCUT2D eigenvalue weighted by Gasteiger charge is -1.99. The molecule has 14 heavy (non-hydrogen) atoms. The van der Waals surface area contributed by atoms with Gasteiger partial charge in [-0.15, -0.1) is 11.3 Å². The molecule has 1 heteroatoms. The average molecular weight is 202 g/mol. The van der Waals surface area contributed by atoms with Gasteiger partial charge in [0.1, 0.15) is 0 Å². The molecule has 0 saturated heterocycles. The monoisotopic (exact) mass is 202 g/mol. The highest BCUT2D eigenvalue weighted by Crippen LogP contribution is 2.27. The molecule has 2 aromatic rings. The lowest BCUT2D eigenvalue weighted by Crippen LogP contribution is -1.78. The Morgan fingerprint density at radius 3 is 2.21 bits per heavy atom. The topological polar surface area (TPSA) is 0 Å². The molecular formula is C13H14S. The van der Waals surface area contributed by atoms with Gasteiger partial charge in [-0.05, 0) is 36.6 Å². The summed E-state index contributed by atoms with van der Waals surface area (Å²) in [4.78, 5) is 2.74. The van der Waals surface area contributed by atoms with Crippen molar-refractivity contribution in [3.05, 3.63) is 46.8 Å². The first-order valence-electron chi connectivity index (χ1n) is 4.95. The van der Waals surface area contributed by atoms with Crippen molar-refractivity contribution in [1.82, 2.24) is 0 Å². The van der Waals surface area contributed by atoms with Gasteiger partial charge in [0.25, 0.3) is 0 Å². The largest absolute Gasteiger partial charge is 0.141 e. The number of rotatable bonds is 2. The minimum Gasteiger partial charge on any atom is -0.141 e. The van der Waals surface area contributed by atoms with Gasteiger partial charge in [0, 0.05) is 9.75 Å². The first-order chi connectivity index (χ1) is 6.79. The molecule has 2 rings (SSSR count). The van der Waals surface area contributed by atoms with E-state index in [9.17, 15) is 0 Å². The molecule has 0 aliphatic heterocycles. The highest BCUT2D eigenvalue weighted by atomic mass is 32.1. The van der Waals surface area contributed by atoms with Crippen molar-refractivity contribution in [2.75, 3.05) is 0 Å². The standard InChI is InChI=1S/C13H14S/c1-3-11-5-7-12(8-6-11)13-9-4-10(2)14-13/h4-9H,3H2,1-2H3. The third kappa shape index (κ3) is 1.88. The molecule has 0 spiro atoms. The molecule has 0 saturated carbocycles. The Bertz CT molecular complexity index is 409. The minimum absolute atomic E-state index is 1.11. The molecule has 0 nitrogen and oxygen atoms in total. The number of thiophene rings is 1. The summed E-state index contributed by atoms with van der Waals surface area (Å²) in [5.74, 6) is 0. The highest BCUT2D eigenvalue weighted by molar-refractivity contribution is 7.15. The summed E-state index contributed by atoms with van der Waals surface area (Å²) >= 11 is 1.85. The number of aryl methyl sites for hydroxylation is 2. The van der Waals surface area contributed by atoms with E-state index >= 15 is 0 Å². The molecule has 0 bridgehead atoms. The number of hydrogen-bond acceptors (Lipinski definition) is 1. The van der Waals surface area contributed by atoms with Gasteiger partial charge in [-0.1, -0.05) is 31.2 Å². The van der Waals surface area contributed by atoms with Crippen molar-refractivity contribution < 1.29 is 0 Å². The van der Waals surface area contributed by atoms with E-state index in [1.54, 1.807) is 0 Å². The molecule has 0 N–H and O–H groups in total. The molecule has 0 aliphatic carbocycles. The molecule has 0 aliphatic rings. The van der Waals surface area contributed by atoms with E-state index in [1.807, 2.05) is 11.3 Å². The highest BCUT2D eigenvalue weighted by Gasteiger charge is 1.99. The first kappa shape index (κ1) is 9.47. The average Bonchev–Trinajstić information content (AvgIpc) is 2.65. The Labute approximate surface area is 89.2 Å². The lowest BCUT2D eigenvalue weighted by atomic mass is 10.1. The summed E-state index contributed by atoms with van der Waals surface area (Å²) in [7, 11) is 0. The van der Waals surface area contributed by atoms with Crippen LogP contribution < -0.4 is 0 Å². The van der Waals surface area contributed by atoms with Crippen molar-refractivity contribution in [2.24, 2.45) is 0 Å². The summed E-state index contributed by atoms with van der Waals surface area (Å²) in [5.41, 5.74) is 2.74. The van der Waals surface area contributed by atoms with E-state index in [1.165, 1.54) is 20.9 Å².